The standard InChI is InChI=1S/C15H28N2O2/c1-17(12-15(19)9-5-6-10-15)13(18)11-14(16)7-3-2-4-8-14/h19H,2-12,16H2,1H3. The number of aliphatic hydroxyl groups is 1. The van der Waals surface area contributed by atoms with Crippen LogP contribution in [0.15, 0.2) is 0 Å². The van der Waals surface area contributed by atoms with Crippen molar-refractivity contribution in [3.8, 4) is 0 Å². The number of hydrogen-bond donors (Lipinski definition) is 2. The van der Waals surface area contributed by atoms with Gasteiger partial charge in [-0.1, -0.05) is 32.1 Å². The van der Waals surface area contributed by atoms with Crippen LogP contribution in [0.4, 0.5) is 0 Å². The Morgan fingerprint density at radius 2 is 1.63 bits per heavy atom. The van der Waals surface area contributed by atoms with Crippen LogP contribution < -0.4 is 5.73 Å². The van der Waals surface area contributed by atoms with Gasteiger partial charge < -0.3 is 15.7 Å². The fourth-order valence-electron chi connectivity index (χ4n) is 3.59. The smallest absolute Gasteiger partial charge is 0.224 e. The Bertz CT molecular complexity index is 318. The van der Waals surface area contributed by atoms with Gasteiger partial charge in [0.2, 0.25) is 5.91 Å². The summed E-state index contributed by atoms with van der Waals surface area (Å²) in [4.78, 5) is 14.0. The van der Waals surface area contributed by atoms with E-state index in [1.54, 1.807) is 11.9 Å². The zero-order chi connectivity index (χ0) is 13.9. The van der Waals surface area contributed by atoms with Crippen LogP contribution in [0.25, 0.3) is 0 Å². The highest BCUT2D eigenvalue weighted by Crippen LogP contribution is 2.32. The van der Waals surface area contributed by atoms with Gasteiger partial charge in [-0.05, 0) is 25.7 Å². The number of rotatable bonds is 4. The molecular formula is C15H28N2O2. The molecule has 0 radical (unpaired) electrons. The summed E-state index contributed by atoms with van der Waals surface area (Å²) in [5, 5.41) is 10.4. The second kappa shape index (κ2) is 5.80. The molecule has 0 aromatic rings. The molecule has 4 nitrogen and oxygen atoms in total. The second-order valence-corrected chi connectivity index (χ2v) is 6.78. The van der Waals surface area contributed by atoms with Gasteiger partial charge in [-0.25, -0.2) is 0 Å². The molecule has 0 aromatic heterocycles. The summed E-state index contributed by atoms with van der Waals surface area (Å²) in [5.41, 5.74) is 5.37. The SMILES string of the molecule is CN(CC1(O)CCCC1)C(=O)CC1(N)CCCCC1. The van der Waals surface area contributed by atoms with Crippen LogP contribution >= 0.6 is 0 Å². The van der Waals surface area contributed by atoms with E-state index in [-0.39, 0.29) is 11.4 Å². The van der Waals surface area contributed by atoms with Crippen LogP contribution in [0.2, 0.25) is 0 Å². The topological polar surface area (TPSA) is 66.6 Å². The van der Waals surface area contributed by atoms with Crippen molar-refractivity contribution in [1.82, 2.24) is 4.90 Å². The van der Waals surface area contributed by atoms with Gasteiger partial charge in [-0.2, -0.15) is 0 Å². The first kappa shape index (κ1) is 14.8. The van der Waals surface area contributed by atoms with E-state index in [9.17, 15) is 9.90 Å². The van der Waals surface area contributed by atoms with E-state index in [1.165, 1.54) is 6.42 Å². The minimum Gasteiger partial charge on any atom is -0.388 e. The molecule has 0 atom stereocenters. The van der Waals surface area contributed by atoms with Gasteiger partial charge >= 0.3 is 0 Å². The molecule has 0 saturated heterocycles. The number of carbonyl (C=O) groups excluding carboxylic acids is 1. The van der Waals surface area contributed by atoms with Crippen LogP contribution in [0.1, 0.15) is 64.2 Å². The molecule has 2 saturated carbocycles. The van der Waals surface area contributed by atoms with Crippen LogP contribution in [0, 0.1) is 0 Å². The first-order valence-corrected chi connectivity index (χ1v) is 7.68. The maximum Gasteiger partial charge on any atom is 0.224 e. The summed E-state index contributed by atoms with van der Waals surface area (Å²) in [6.45, 7) is 0.460. The number of hydrogen-bond acceptors (Lipinski definition) is 3. The normalized spacial score (nSPS) is 25.2. The van der Waals surface area contributed by atoms with Gasteiger partial charge in [-0.15, -0.1) is 0 Å². The van der Waals surface area contributed by atoms with Crippen LogP contribution in [0.5, 0.6) is 0 Å². The van der Waals surface area contributed by atoms with E-state index in [4.69, 9.17) is 5.73 Å². The van der Waals surface area contributed by atoms with Gasteiger partial charge in [0.15, 0.2) is 0 Å². The molecule has 0 bridgehead atoms. The average Bonchev–Trinajstić information content (AvgIpc) is 2.76. The van der Waals surface area contributed by atoms with Gasteiger partial charge in [-0.3, -0.25) is 4.79 Å². The largest absolute Gasteiger partial charge is 0.388 e. The Morgan fingerprint density at radius 3 is 2.21 bits per heavy atom. The van der Waals surface area contributed by atoms with Gasteiger partial charge in [0, 0.05) is 25.6 Å². The molecule has 1 amide bonds. The lowest BCUT2D eigenvalue weighted by atomic mass is 9.80. The van der Waals surface area contributed by atoms with Crippen molar-refractivity contribution < 1.29 is 9.90 Å². The number of nitrogens with two attached hydrogens (primary N) is 1. The predicted molar refractivity (Wildman–Crippen MR) is 75.7 cm³/mol. The minimum absolute atomic E-state index is 0.0877. The maximum atomic E-state index is 12.3. The minimum atomic E-state index is -0.654. The van der Waals surface area contributed by atoms with Crippen molar-refractivity contribution in [3.63, 3.8) is 0 Å². The fraction of sp³-hybridized carbons (Fsp3) is 0.933. The molecule has 2 fully saturated rings. The molecule has 2 aliphatic rings. The van der Waals surface area contributed by atoms with E-state index in [2.05, 4.69) is 0 Å². The Morgan fingerprint density at radius 1 is 1.11 bits per heavy atom. The number of nitrogens with zero attached hydrogens (tertiary/aromatic N) is 1. The Kier molecular flexibility index (Phi) is 4.51. The number of likely N-dealkylation sites (N-methyl/N-ethyl adjacent to an activating group) is 1. The lowest BCUT2D eigenvalue weighted by molar-refractivity contribution is -0.134. The molecule has 0 spiro atoms. The lowest BCUT2D eigenvalue weighted by Gasteiger charge is -2.35. The monoisotopic (exact) mass is 268 g/mol. The van der Waals surface area contributed by atoms with Crippen molar-refractivity contribution in [2.45, 2.75) is 75.3 Å². The van der Waals surface area contributed by atoms with Gasteiger partial charge in [0.1, 0.15) is 0 Å². The van der Waals surface area contributed by atoms with E-state index in [0.29, 0.717) is 13.0 Å². The van der Waals surface area contributed by atoms with Crippen LogP contribution in [-0.4, -0.2) is 40.6 Å². The highest BCUT2D eigenvalue weighted by atomic mass is 16.3. The fourth-order valence-corrected chi connectivity index (χ4v) is 3.59. The summed E-state index contributed by atoms with van der Waals surface area (Å²) in [7, 11) is 1.80. The Labute approximate surface area is 116 Å². The summed E-state index contributed by atoms with van der Waals surface area (Å²) < 4.78 is 0. The van der Waals surface area contributed by atoms with E-state index < -0.39 is 5.60 Å². The predicted octanol–water partition coefficient (Wildman–Crippen LogP) is 1.80. The molecule has 0 unspecified atom stereocenters. The van der Waals surface area contributed by atoms with Crippen molar-refractivity contribution >= 4 is 5.91 Å². The second-order valence-electron chi connectivity index (χ2n) is 6.78. The zero-order valence-corrected chi connectivity index (χ0v) is 12.2. The number of amides is 1. The molecule has 4 heteroatoms. The van der Waals surface area contributed by atoms with Crippen molar-refractivity contribution in [3.05, 3.63) is 0 Å². The van der Waals surface area contributed by atoms with Crippen molar-refractivity contribution in [1.29, 1.82) is 0 Å². The van der Waals surface area contributed by atoms with Gasteiger partial charge in [0.05, 0.1) is 5.60 Å². The number of carbonyl (C=O) groups is 1. The maximum absolute atomic E-state index is 12.3. The Balaban J connectivity index is 1.84. The molecule has 0 aromatic carbocycles. The van der Waals surface area contributed by atoms with Crippen molar-refractivity contribution in [2.24, 2.45) is 5.73 Å². The van der Waals surface area contributed by atoms with Crippen LogP contribution in [-0.2, 0) is 4.79 Å². The summed E-state index contributed by atoms with van der Waals surface area (Å²) in [6, 6.07) is 0. The quantitative estimate of drug-likeness (QED) is 0.817. The summed E-state index contributed by atoms with van der Waals surface area (Å²) >= 11 is 0. The van der Waals surface area contributed by atoms with Crippen LogP contribution in [0.3, 0.4) is 0 Å². The van der Waals surface area contributed by atoms with E-state index in [0.717, 1.165) is 51.4 Å². The third kappa shape index (κ3) is 3.93. The summed E-state index contributed by atoms with van der Waals surface area (Å²) in [5.74, 6) is 0.0877. The summed E-state index contributed by atoms with van der Waals surface area (Å²) in [6.07, 6.45) is 9.63. The molecule has 110 valence electrons. The molecule has 0 aliphatic heterocycles. The zero-order valence-electron chi connectivity index (χ0n) is 12.2. The van der Waals surface area contributed by atoms with Gasteiger partial charge in [0.25, 0.3) is 0 Å². The third-order valence-corrected chi connectivity index (χ3v) is 4.84. The van der Waals surface area contributed by atoms with E-state index in [1.807, 2.05) is 0 Å². The first-order chi connectivity index (χ1) is 8.93. The lowest BCUT2D eigenvalue weighted by Crippen LogP contribution is -2.49. The highest BCUT2D eigenvalue weighted by molar-refractivity contribution is 5.77. The van der Waals surface area contributed by atoms with E-state index >= 15 is 0 Å². The molecule has 3 N–H and O–H groups in total. The molecule has 2 aliphatic carbocycles. The molecular weight excluding hydrogens is 240 g/mol. The first-order valence-electron chi connectivity index (χ1n) is 7.68. The Hall–Kier alpha value is -0.610. The third-order valence-electron chi connectivity index (χ3n) is 4.84. The molecule has 2 rings (SSSR count). The average molecular weight is 268 g/mol. The van der Waals surface area contributed by atoms with Crippen molar-refractivity contribution in [2.75, 3.05) is 13.6 Å². The highest BCUT2D eigenvalue weighted by Gasteiger charge is 2.36. The molecule has 19 heavy (non-hydrogen) atoms. The molecule has 0 heterocycles.